The van der Waals surface area contributed by atoms with Crippen LogP contribution in [0.5, 0.6) is 0 Å². The molecule has 0 radical (unpaired) electrons. The Kier molecular flexibility index (Phi) is 7.50. The summed E-state index contributed by atoms with van der Waals surface area (Å²) in [6, 6.07) is 12.5. The lowest BCUT2D eigenvalue weighted by molar-refractivity contribution is -0.134. The van der Waals surface area contributed by atoms with Gasteiger partial charge < -0.3 is 4.90 Å². The van der Waals surface area contributed by atoms with Gasteiger partial charge in [-0.2, -0.15) is 0 Å². The molecule has 0 fully saturated rings. The maximum Gasteiger partial charge on any atom is 0.266 e. The average Bonchev–Trinajstić information content (AvgIpc) is 2.75. The fourth-order valence-electron chi connectivity index (χ4n) is 4.07. The minimum atomic E-state index is -0.300. The molecule has 31 heavy (non-hydrogen) atoms. The van der Waals surface area contributed by atoms with E-state index < -0.39 is 0 Å². The molecule has 0 saturated carbocycles. The lowest BCUT2D eigenvalue weighted by Crippen LogP contribution is -2.39. The highest BCUT2D eigenvalue weighted by molar-refractivity contribution is 6.30. The summed E-state index contributed by atoms with van der Waals surface area (Å²) in [5.41, 5.74) is 2.12. The van der Waals surface area contributed by atoms with Gasteiger partial charge in [-0.3, -0.25) is 14.2 Å². The number of nitrogens with zero attached hydrogens (tertiary/aromatic N) is 3. The molecular formula is C25H30ClN3O2. The molecule has 0 bridgehead atoms. The molecule has 0 spiro atoms. The Hall–Kier alpha value is -2.66. The number of amides is 1. The van der Waals surface area contributed by atoms with Gasteiger partial charge >= 0.3 is 0 Å². The Bertz CT molecular complexity index is 1140. The molecule has 3 aromatic rings. The van der Waals surface area contributed by atoms with Crippen LogP contribution in [0.1, 0.15) is 63.9 Å². The van der Waals surface area contributed by atoms with Crippen molar-refractivity contribution in [3.05, 3.63) is 69.2 Å². The van der Waals surface area contributed by atoms with E-state index in [9.17, 15) is 9.59 Å². The number of hydrogen-bond donors (Lipinski definition) is 0. The first kappa shape index (κ1) is 23.0. The summed E-state index contributed by atoms with van der Waals surface area (Å²) in [6.07, 6.45) is 2.76. The highest BCUT2D eigenvalue weighted by atomic mass is 35.5. The van der Waals surface area contributed by atoms with Gasteiger partial charge in [0.05, 0.1) is 22.6 Å². The SMILES string of the molecule is CCCC(=O)N(CCC)C(CC)c1nc2ccccc2c(=O)n1-c1ccc(Cl)cc1C. The molecule has 5 nitrogen and oxygen atoms in total. The summed E-state index contributed by atoms with van der Waals surface area (Å²) in [7, 11) is 0. The summed E-state index contributed by atoms with van der Waals surface area (Å²) >= 11 is 6.18. The predicted octanol–water partition coefficient (Wildman–Crippen LogP) is 5.84. The zero-order valence-corrected chi connectivity index (χ0v) is 19.4. The number of carbonyl (C=O) groups is 1. The first-order valence-electron chi connectivity index (χ1n) is 11.0. The van der Waals surface area contributed by atoms with E-state index in [4.69, 9.17) is 16.6 Å². The molecule has 164 valence electrons. The normalized spacial score (nSPS) is 12.2. The van der Waals surface area contributed by atoms with Crippen molar-refractivity contribution in [2.75, 3.05) is 6.54 Å². The number of fused-ring (bicyclic) bond motifs is 1. The highest BCUT2D eigenvalue weighted by Gasteiger charge is 2.28. The Morgan fingerprint density at radius 3 is 2.52 bits per heavy atom. The number of carbonyl (C=O) groups excluding carboxylic acids is 1. The van der Waals surface area contributed by atoms with Gasteiger partial charge in [0.1, 0.15) is 5.82 Å². The molecule has 3 rings (SSSR count). The van der Waals surface area contributed by atoms with Gasteiger partial charge in [0.2, 0.25) is 5.91 Å². The molecule has 1 heterocycles. The van der Waals surface area contributed by atoms with E-state index in [0.29, 0.717) is 41.1 Å². The van der Waals surface area contributed by atoms with Gasteiger partial charge in [0, 0.05) is 18.0 Å². The van der Waals surface area contributed by atoms with Crippen LogP contribution in [0.2, 0.25) is 5.02 Å². The number of para-hydroxylation sites is 1. The van der Waals surface area contributed by atoms with Crippen LogP contribution in [0.15, 0.2) is 47.3 Å². The number of rotatable bonds is 8. The number of halogens is 1. The molecule has 6 heteroatoms. The van der Waals surface area contributed by atoms with E-state index in [1.807, 2.05) is 56.0 Å². The highest BCUT2D eigenvalue weighted by Crippen LogP contribution is 2.28. The second-order valence-corrected chi connectivity index (χ2v) is 8.26. The Balaban J connectivity index is 2.33. The van der Waals surface area contributed by atoms with Gasteiger partial charge in [0.15, 0.2) is 0 Å². The van der Waals surface area contributed by atoms with Gasteiger partial charge in [-0.05, 0) is 62.1 Å². The van der Waals surface area contributed by atoms with Crippen molar-refractivity contribution < 1.29 is 4.79 Å². The van der Waals surface area contributed by atoms with Crippen LogP contribution in [-0.4, -0.2) is 26.9 Å². The van der Waals surface area contributed by atoms with E-state index >= 15 is 0 Å². The number of aryl methyl sites for hydroxylation is 1. The van der Waals surface area contributed by atoms with E-state index in [0.717, 1.165) is 24.1 Å². The van der Waals surface area contributed by atoms with Crippen molar-refractivity contribution in [3.8, 4) is 5.69 Å². The second-order valence-electron chi connectivity index (χ2n) is 7.82. The van der Waals surface area contributed by atoms with Gasteiger partial charge in [-0.25, -0.2) is 4.98 Å². The third-order valence-electron chi connectivity index (χ3n) is 5.51. The van der Waals surface area contributed by atoms with E-state index in [-0.39, 0.29) is 17.5 Å². The van der Waals surface area contributed by atoms with Crippen molar-refractivity contribution >= 4 is 28.4 Å². The zero-order valence-electron chi connectivity index (χ0n) is 18.7. The Labute approximate surface area is 188 Å². The van der Waals surface area contributed by atoms with E-state index in [1.165, 1.54) is 0 Å². The van der Waals surface area contributed by atoms with Crippen LogP contribution in [0.4, 0.5) is 0 Å². The van der Waals surface area contributed by atoms with Crippen LogP contribution in [0.25, 0.3) is 16.6 Å². The van der Waals surface area contributed by atoms with Gasteiger partial charge in [-0.1, -0.05) is 44.5 Å². The first-order chi connectivity index (χ1) is 14.9. The van der Waals surface area contributed by atoms with Crippen LogP contribution in [0, 0.1) is 6.92 Å². The molecule has 0 N–H and O–H groups in total. The molecule has 0 saturated heterocycles. The fourth-order valence-corrected chi connectivity index (χ4v) is 4.30. The monoisotopic (exact) mass is 439 g/mol. The first-order valence-corrected chi connectivity index (χ1v) is 11.4. The topological polar surface area (TPSA) is 55.2 Å². The molecule has 2 aromatic carbocycles. The molecule has 0 aliphatic rings. The number of benzene rings is 2. The van der Waals surface area contributed by atoms with Crippen molar-refractivity contribution in [2.45, 2.75) is 59.4 Å². The van der Waals surface area contributed by atoms with Crippen LogP contribution in [0.3, 0.4) is 0 Å². The van der Waals surface area contributed by atoms with Crippen molar-refractivity contribution in [1.29, 1.82) is 0 Å². The molecule has 1 unspecified atom stereocenters. The number of hydrogen-bond acceptors (Lipinski definition) is 3. The maximum atomic E-state index is 13.7. The van der Waals surface area contributed by atoms with Crippen molar-refractivity contribution in [2.24, 2.45) is 0 Å². The summed E-state index contributed by atoms with van der Waals surface area (Å²) in [6.45, 7) is 8.65. The summed E-state index contributed by atoms with van der Waals surface area (Å²) in [5.74, 6) is 0.688. The van der Waals surface area contributed by atoms with Crippen LogP contribution in [-0.2, 0) is 4.79 Å². The van der Waals surface area contributed by atoms with E-state index in [2.05, 4.69) is 6.92 Å². The summed E-state index contributed by atoms with van der Waals surface area (Å²) < 4.78 is 1.67. The Morgan fingerprint density at radius 1 is 1.13 bits per heavy atom. The molecule has 1 amide bonds. The molecule has 0 aliphatic carbocycles. The molecule has 1 aromatic heterocycles. The predicted molar refractivity (Wildman–Crippen MR) is 127 cm³/mol. The minimum absolute atomic E-state index is 0.0954. The number of aromatic nitrogens is 2. The average molecular weight is 440 g/mol. The van der Waals surface area contributed by atoms with Crippen molar-refractivity contribution in [1.82, 2.24) is 14.5 Å². The largest absolute Gasteiger partial charge is 0.333 e. The second kappa shape index (κ2) is 10.1. The van der Waals surface area contributed by atoms with Gasteiger partial charge in [-0.15, -0.1) is 0 Å². The quantitative estimate of drug-likeness (QED) is 0.443. The van der Waals surface area contributed by atoms with Crippen LogP contribution >= 0.6 is 11.6 Å². The lowest BCUT2D eigenvalue weighted by atomic mass is 10.1. The zero-order chi connectivity index (χ0) is 22.5. The standard InChI is InChI=1S/C25H30ClN3O2/c1-5-10-23(30)28(15-6-2)21(7-3)24-27-20-12-9-8-11-19(20)25(31)29(24)22-14-13-18(26)16-17(22)4/h8-9,11-14,16,21H,5-7,10,15H2,1-4H3. The third-order valence-corrected chi connectivity index (χ3v) is 5.75. The lowest BCUT2D eigenvalue weighted by Gasteiger charge is -2.32. The smallest absolute Gasteiger partial charge is 0.266 e. The summed E-state index contributed by atoms with van der Waals surface area (Å²) in [4.78, 5) is 33.5. The van der Waals surface area contributed by atoms with Crippen molar-refractivity contribution in [3.63, 3.8) is 0 Å². The van der Waals surface area contributed by atoms with Crippen LogP contribution < -0.4 is 5.56 Å². The Morgan fingerprint density at radius 2 is 1.87 bits per heavy atom. The third kappa shape index (κ3) is 4.67. The summed E-state index contributed by atoms with van der Waals surface area (Å²) in [5, 5.41) is 1.17. The van der Waals surface area contributed by atoms with Gasteiger partial charge in [0.25, 0.3) is 5.56 Å². The fraction of sp³-hybridized carbons (Fsp3) is 0.400. The molecular weight excluding hydrogens is 410 g/mol. The maximum absolute atomic E-state index is 13.7. The minimum Gasteiger partial charge on any atom is -0.333 e. The molecule has 1 atom stereocenters. The van der Waals surface area contributed by atoms with E-state index in [1.54, 1.807) is 16.7 Å². The molecule has 0 aliphatic heterocycles.